The summed E-state index contributed by atoms with van der Waals surface area (Å²) in [6.45, 7) is 0.595. The van der Waals surface area contributed by atoms with Gasteiger partial charge in [0.1, 0.15) is 5.54 Å². The lowest BCUT2D eigenvalue weighted by Crippen LogP contribution is -2.54. The zero-order chi connectivity index (χ0) is 23.3. The number of nitrogens with one attached hydrogen (secondary N) is 2. The van der Waals surface area contributed by atoms with Crippen molar-refractivity contribution in [2.24, 2.45) is 11.8 Å². The fourth-order valence-electron chi connectivity index (χ4n) is 5.47. The number of likely N-dealkylation sites (tertiary alicyclic amines) is 1. The maximum absolute atomic E-state index is 13.6. The zero-order valence-corrected chi connectivity index (χ0v) is 18.7. The Morgan fingerprint density at radius 2 is 1.85 bits per heavy atom. The molecule has 2 fully saturated rings. The Hall–Kier alpha value is -2.78. The largest absolute Gasteiger partial charge is 0.387 e. The Bertz CT molecular complexity index is 1120. The summed E-state index contributed by atoms with van der Waals surface area (Å²) in [6.07, 6.45) is -0.647. The van der Waals surface area contributed by atoms with Gasteiger partial charge in [0.15, 0.2) is 0 Å². The van der Waals surface area contributed by atoms with Gasteiger partial charge < -0.3 is 15.2 Å². The van der Waals surface area contributed by atoms with Crippen molar-refractivity contribution >= 4 is 35.0 Å². The van der Waals surface area contributed by atoms with Crippen molar-refractivity contribution < 1.29 is 24.2 Å². The predicted octanol–water partition coefficient (Wildman–Crippen LogP) is 1.83. The lowest BCUT2D eigenvalue weighted by Gasteiger charge is -2.30. The number of aliphatic hydroxyl groups excluding tert-OH is 1. The summed E-state index contributed by atoms with van der Waals surface area (Å²) in [4.78, 5) is 41.7. The molecule has 3 heterocycles. The summed E-state index contributed by atoms with van der Waals surface area (Å²) in [5.41, 5.74) is 0.295. The van der Waals surface area contributed by atoms with Gasteiger partial charge >= 0.3 is 0 Å². The van der Waals surface area contributed by atoms with Crippen LogP contribution in [0.25, 0.3) is 0 Å². The van der Waals surface area contributed by atoms with Gasteiger partial charge in [-0.15, -0.1) is 0 Å². The molecule has 0 bridgehead atoms. The highest BCUT2D eigenvalue weighted by molar-refractivity contribution is 6.30. The number of para-hydroxylation sites is 1. The van der Waals surface area contributed by atoms with Crippen molar-refractivity contribution in [2.45, 2.75) is 24.1 Å². The van der Waals surface area contributed by atoms with Crippen molar-refractivity contribution in [3.63, 3.8) is 0 Å². The molecule has 3 N–H and O–H groups in total. The molecule has 9 heteroatoms. The maximum Gasteiger partial charge on any atom is 0.250 e. The van der Waals surface area contributed by atoms with Crippen LogP contribution in [0.4, 0.5) is 5.69 Å². The van der Waals surface area contributed by atoms with E-state index in [1.165, 1.54) is 4.90 Å². The summed E-state index contributed by atoms with van der Waals surface area (Å²) < 4.78 is 5.07. The van der Waals surface area contributed by atoms with E-state index >= 15 is 0 Å². The second kappa shape index (κ2) is 8.22. The van der Waals surface area contributed by atoms with Gasteiger partial charge in [0.05, 0.1) is 24.0 Å². The second-order valence-corrected chi connectivity index (χ2v) is 9.09. The molecule has 3 aliphatic rings. The molecule has 2 aromatic carbocycles. The number of carbonyl (C=O) groups excluding carboxylic acids is 3. The first-order valence-electron chi connectivity index (χ1n) is 10.9. The third-order valence-corrected chi connectivity index (χ3v) is 7.18. The van der Waals surface area contributed by atoms with Crippen LogP contribution < -0.4 is 10.6 Å². The zero-order valence-electron chi connectivity index (χ0n) is 18.0. The van der Waals surface area contributed by atoms with Crippen LogP contribution in [0.2, 0.25) is 5.02 Å². The Labute approximate surface area is 195 Å². The molecule has 0 radical (unpaired) electrons. The number of benzene rings is 2. The van der Waals surface area contributed by atoms with Crippen LogP contribution in [0.5, 0.6) is 0 Å². The topological polar surface area (TPSA) is 108 Å². The molecule has 0 unspecified atom stereocenters. The molecule has 8 nitrogen and oxygen atoms in total. The quantitative estimate of drug-likeness (QED) is 0.440. The molecule has 0 aliphatic carbocycles. The number of hydrogen-bond donors (Lipinski definition) is 3. The summed E-state index contributed by atoms with van der Waals surface area (Å²) in [6, 6.07) is 12.9. The fourth-order valence-corrected chi connectivity index (χ4v) is 5.60. The van der Waals surface area contributed by atoms with Crippen LogP contribution >= 0.6 is 11.6 Å². The number of ether oxygens (including phenoxy) is 1. The molecular weight excluding hydrogens is 446 g/mol. The summed E-state index contributed by atoms with van der Waals surface area (Å²) in [5, 5.41) is 17.9. The number of hydrogen-bond acceptors (Lipinski definition) is 6. The van der Waals surface area contributed by atoms with E-state index in [4.69, 9.17) is 16.3 Å². The SMILES string of the molecule is COCCCN1C(=O)[C@@H]2[C@H]([C@H](O)c3ccc(Cl)cc3)N[C@@]3(C(=O)Nc4ccccc43)[C@@H]2C1=O. The number of carbonyl (C=O) groups is 3. The third-order valence-electron chi connectivity index (χ3n) is 6.93. The third kappa shape index (κ3) is 3.20. The second-order valence-electron chi connectivity index (χ2n) is 8.65. The molecule has 1 spiro atoms. The highest BCUT2D eigenvalue weighted by atomic mass is 35.5. The van der Waals surface area contributed by atoms with Crippen molar-refractivity contribution in [3.8, 4) is 0 Å². The Morgan fingerprint density at radius 1 is 1.12 bits per heavy atom. The van der Waals surface area contributed by atoms with Crippen molar-refractivity contribution in [2.75, 3.05) is 25.6 Å². The van der Waals surface area contributed by atoms with Crippen LogP contribution in [0, 0.1) is 11.8 Å². The van der Waals surface area contributed by atoms with Gasteiger partial charge in [0.25, 0.3) is 0 Å². The standard InChI is InChI=1S/C24H24ClN3O5/c1-33-12-4-11-28-21(30)17-18(22(28)31)24(15-5-2-3-6-16(15)26-23(24)32)27-19(17)20(29)13-7-9-14(25)10-8-13/h2-3,5-10,17-20,27,29H,4,11-12H2,1H3,(H,26,32)/t17-,18-,19+,20+,24+/m0/s1. The minimum absolute atomic E-state index is 0.196. The van der Waals surface area contributed by atoms with Gasteiger partial charge in [-0.1, -0.05) is 41.9 Å². The lowest BCUT2D eigenvalue weighted by molar-refractivity contribution is -0.143. The minimum atomic E-state index is -1.44. The molecular formula is C24H24ClN3O5. The fraction of sp³-hybridized carbons (Fsp3) is 0.375. The summed E-state index contributed by atoms with van der Waals surface area (Å²) in [7, 11) is 1.56. The van der Waals surface area contributed by atoms with E-state index in [1.807, 2.05) is 0 Å². The average molecular weight is 470 g/mol. The van der Waals surface area contributed by atoms with E-state index in [-0.39, 0.29) is 12.5 Å². The number of fused-ring (bicyclic) bond motifs is 4. The molecule has 5 rings (SSSR count). The molecule has 2 saturated heterocycles. The van der Waals surface area contributed by atoms with Gasteiger partial charge in [0, 0.05) is 36.5 Å². The van der Waals surface area contributed by atoms with Crippen LogP contribution in [0.3, 0.4) is 0 Å². The van der Waals surface area contributed by atoms with E-state index in [2.05, 4.69) is 10.6 Å². The number of aliphatic hydroxyl groups is 1. The first kappa shape index (κ1) is 22.0. The smallest absolute Gasteiger partial charge is 0.250 e. The minimum Gasteiger partial charge on any atom is -0.387 e. The number of rotatable bonds is 6. The first-order chi connectivity index (χ1) is 15.9. The number of methoxy groups -OCH3 is 1. The average Bonchev–Trinajstić information content (AvgIpc) is 3.40. The number of halogens is 1. The number of nitrogens with zero attached hydrogens (tertiary/aromatic N) is 1. The Morgan fingerprint density at radius 3 is 2.58 bits per heavy atom. The van der Waals surface area contributed by atoms with Crippen molar-refractivity contribution in [1.29, 1.82) is 0 Å². The monoisotopic (exact) mass is 469 g/mol. The van der Waals surface area contributed by atoms with Gasteiger partial charge in [-0.2, -0.15) is 0 Å². The maximum atomic E-state index is 13.6. The van der Waals surface area contributed by atoms with Crippen LogP contribution in [-0.4, -0.2) is 54.0 Å². The molecule has 2 aromatic rings. The summed E-state index contributed by atoms with van der Waals surface area (Å²) in [5.74, 6) is -3.07. The molecule has 33 heavy (non-hydrogen) atoms. The Balaban J connectivity index is 1.60. The Kier molecular flexibility index (Phi) is 5.49. The molecule has 0 aromatic heterocycles. The van der Waals surface area contributed by atoms with Gasteiger partial charge in [-0.25, -0.2) is 0 Å². The van der Waals surface area contributed by atoms with Gasteiger partial charge in [0.2, 0.25) is 17.7 Å². The normalized spacial score (nSPS) is 28.9. The van der Waals surface area contributed by atoms with Gasteiger partial charge in [-0.3, -0.25) is 24.6 Å². The van der Waals surface area contributed by atoms with E-state index in [9.17, 15) is 19.5 Å². The number of amides is 3. The van der Waals surface area contributed by atoms with E-state index in [0.717, 1.165) is 0 Å². The molecule has 3 amide bonds. The van der Waals surface area contributed by atoms with Crippen LogP contribution in [0.1, 0.15) is 23.7 Å². The number of anilines is 1. The molecule has 172 valence electrons. The number of imide groups is 1. The van der Waals surface area contributed by atoms with Crippen molar-refractivity contribution in [3.05, 3.63) is 64.7 Å². The van der Waals surface area contributed by atoms with E-state index < -0.39 is 41.3 Å². The van der Waals surface area contributed by atoms with Crippen molar-refractivity contribution in [1.82, 2.24) is 10.2 Å². The van der Waals surface area contributed by atoms with E-state index in [1.54, 1.807) is 55.6 Å². The summed E-state index contributed by atoms with van der Waals surface area (Å²) >= 11 is 5.99. The lowest BCUT2D eigenvalue weighted by atomic mass is 9.76. The molecule has 0 saturated carbocycles. The molecule has 5 atom stereocenters. The van der Waals surface area contributed by atoms with Crippen LogP contribution in [-0.2, 0) is 24.7 Å². The highest BCUT2D eigenvalue weighted by Crippen LogP contribution is 2.54. The predicted molar refractivity (Wildman–Crippen MR) is 120 cm³/mol. The highest BCUT2D eigenvalue weighted by Gasteiger charge is 2.71. The van der Waals surface area contributed by atoms with E-state index in [0.29, 0.717) is 34.9 Å². The van der Waals surface area contributed by atoms with Gasteiger partial charge in [-0.05, 0) is 30.2 Å². The van der Waals surface area contributed by atoms with Crippen LogP contribution in [0.15, 0.2) is 48.5 Å². The molecule has 3 aliphatic heterocycles. The first-order valence-corrected chi connectivity index (χ1v) is 11.2.